The average Bonchev–Trinajstić information content (AvgIpc) is 3.13. The van der Waals surface area contributed by atoms with Gasteiger partial charge in [-0.3, -0.25) is 19.7 Å². The number of anilines is 1. The average molecular weight is 301 g/mol. The predicted octanol–water partition coefficient (Wildman–Crippen LogP) is 1.51. The van der Waals surface area contributed by atoms with Crippen LogP contribution in [0.15, 0.2) is 16.7 Å². The third-order valence-electron chi connectivity index (χ3n) is 4.15. The number of aryl methyl sites for hydroxylation is 1. The highest BCUT2D eigenvalue weighted by Crippen LogP contribution is 2.39. The molecule has 1 saturated carbocycles. The molecule has 0 saturated heterocycles. The summed E-state index contributed by atoms with van der Waals surface area (Å²) in [6.45, 7) is 4.62. The first-order valence-electron chi connectivity index (χ1n) is 7.69. The number of hydrogen-bond acceptors (Lipinski definition) is 5. The number of aromatic nitrogens is 3. The maximum absolute atomic E-state index is 12.1. The third kappa shape index (κ3) is 2.76. The molecule has 0 radical (unpaired) electrons. The molecule has 2 aliphatic rings. The van der Waals surface area contributed by atoms with Gasteiger partial charge >= 0.3 is 0 Å². The summed E-state index contributed by atoms with van der Waals surface area (Å²) in [5.74, 6) is 0.997. The molecule has 0 bridgehead atoms. The largest absolute Gasteiger partial charge is 0.338 e. The fraction of sp³-hybridized carbons (Fsp3) is 0.533. The van der Waals surface area contributed by atoms with Gasteiger partial charge in [-0.15, -0.1) is 0 Å². The Bertz CT molecular complexity index is 701. The van der Waals surface area contributed by atoms with E-state index < -0.39 is 0 Å². The van der Waals surface area contributed by atoms with Crippen molar-refractivity contribution in [2.45, 2.75) is 38.8 Å². The molecule has 0 spiro atoms. The van der Waals surface area contributed by atoms with Crippen molar-refractivity contribution < 1.29 is 9.32 Å². The van der Waals surface area contributed by atoms with Gasteiger partial charge in [-0.05, 0) is 25.8 Å². The van der Waals surface area contributed by atoms with Crippen molar-refractivity contribution in [3.8, 4) is 0 Å². The number of nitrogens with zero attached hydrogens (tertiary/aromatic N) is 4. The Hall–Kier alpha value is -2.15. The first kappa shape index (κ1) is 13.5. The maximum Gasteiger partial charge on any atom is 0.240 e. The molecule has 0 aromatic carbocycles. The summed E-state index contributed by atoms with van der Waals surface area (Å²) < 4.78 is 7.09. The van der Waals surface area contributed by atoms with Gasteiger partial charge in [-0.1, -0.05) is 5.16 Å². The van der Waals surface area contributed by atoms with Crippen molar-refractivity contribution in [3.05, 3.63) is 29.2 Å². The van der Waals surface area contributed by atoms with Crippen LogP contribution in [0, 0.1) is 6.92 Å². The van der Waals surface area contributed by atoms with E-state index in [0.29, 0.717) is 18.3 Å². The lowest BCUT2D eigenvalue weighted by Crippen LogP contribution is -2.39. The Morgan fingerprint density at radius 1 is 1.41 bits per heavy atom. The van der Waals surface area contributed by atoms with E-state index in [4.69, 9.17) is 4.52 Å². The summed E-state index contributed by atoms with van der Waals surface area (Å²) in [6.07, 6.45) is 2.53. The van der Waals surface area contributed by atoms with Crippen molar-refractivity contribution >= 4 is 11.8 Å². The Balaban J connectivity index is 1.36. The third-order valence-corrected chi connectivity index (χ3v) is 4.15. The van der Waals surface area contributed by atoms with Crippen molar-refractivity contribution in [3.63, 3.8) is 0 Å². The molecule has 4 rings (SSSR count). The lowest BCUT2D eigenvalue weighted by molar-refractivity contribution is -0.117. The fourth-order valence-electron chi connectivity index (χ4n) is 2.86. The lowest BCUT2D eigenvalue weighted by Gasteiger charge is -2.26. The molecule has 1 fully saturated rings. The summed E-state index contributed by atoms with van der Waals surface area (Å²) >= 11 is 0. The van der Waals surface area contributed by atoms with Crippen LogP contribution in [0.2, 0.25) is 0 Å². The molecular weight excluding hydrogens is 282 g/mol. The molecule has 0 atom stereocenters. The van der Waals surface area contributed by atoms with Gasteiger partial charge in [0.1, 0.15) is 0 Å². The number of amides is 1. The van der Waals surface area contributed by atoms with Gasteiger partial charge in [0.15, 0.2) is 0 Å². The molecular formula is C15H19N5O2. The number of nitrogens with one attached hydrogen (secondary N) is 1. The highest BCUT2D eigenvalue weighted by atomic mass is 16.5. The van der Waals surface area contributed by atoms with Crippen molar-refractivity contribution in [1.29, 1.82) is 0 Å². The van der Waals surface area contributed by atoms with E-state index in [1.54, 1.807) is 6.07 Å². The first-order chi connectivity index (χ1) is 10.7. The Morgan fingerprint density at radius 3 is 3.00 bits per heavy atom. The van der Waals surface area contributed by atoms with Gasteiger partial charge in [-0.2, -0.15) is 5.10 Å². The molecule has 1 aliphatic carbocycles. The van der Waals surface area contributed by atoms with Crippen molar-refractivity contribution in [2.75, 3.05) is 18.4 Å². The topological polar surface area (TPSA) is 76.2 Å². The minimum atomic E-state index is -0.0773. The monoisotopic (exact) mass is 301 g/mol. The number of rotatable bonds is 4. The van der Waals surface area contributed by atoms with Gasteiger partial charge in [0.05, 0.1) is 30.2 Å². The zero-order valence-electron chi connectivity index (χ0n) is 12.6. The van der Waals surface area contributed by atoms with E-state index in [-0.39, 0.29) is 5.91 Å². The van der Waals surface area contributed by atoms with Gasteiger partial charge in [-0.25, -0.2) is 0 Å². The van der Waals surface area contributed by atoms with Crippen LogP contribution in [0.25, 0.3) is 0 Å². The lowest BCUT2D eigenvalue weighted by atomic mass is 10.2. The van der Waals surface area contributed by atoms with Crippen LogP contribution in [0.5, 0.6) is 0 Å². The fourth-order valence-corrected chi connectivity index (χ4v) is 2.86. The maximum atomic E-state index is 12.1. The first-order valence-corrected chi connectivity index (χ1v) is 7.69. The van der Waals surface area contributed by atoms with Crippen LogP contribution in [-0.4, -0.2) is 38.8 Å². The van der Waals surface area contributed by atoms with Crippen LogP contribution in [-0.2, 0) is 17.9 Å². The van der Waals surface area contributed by atoms with Crippen LogP contribution in [0.4, 0.5) is 5.88 Å². The molecule has 0 unspecified atom stereocenters. The molecule has 7 nitrogen and oxygen atoms in total. The second-order valence-electron chi connectivity index (χ2n) is 6.15. The Morgan fingerprint density at radius 2 is 2.27 bits per heavy atom. The number of carbonyl (C=O) groups excluding carboxylic acids is 1. The SMILES string of the molecule is Cc1cc(NC(=O)CN2CCn3nc(C4CC4)cc3C2)on1. The van der Waals surface area contributed by atoms with Crippen LogP contribution >= 0.6 is 0 Å². The van der Waals surface area contributed by atoms with Gasteiger partial charge in [0.25, 0.3) is 0 Å². The second-order valence-corrected chi connectivity index (χ2v) is 6.15. The molecule has 1 amide bonds. The standard InChI is InChI=1S/C15H19N5O2/c1-10-6-15(22-18-10)16-14(21)9-19-4-5-20-12(8-19)7-13(17-20)11-2-3-11/h6-7,11H,2-5,8-9H2,1H3,(H,16,21). The number of carbonyl (C=O) groups is 1. The summed E-state index contributed by atoms with van der Waals surface area (Å²) in [4.78, 5) is 14.2. The Labute approximate surface area is 128 Å². The summed E-state index contributed by atoms with van der Waals surface area (Å²) in [5, 5.41) is 11.2. The molecule has 2 aromatic heterocycles. The van der Waals surface area contributed by atoms with E-state index in [1.807, 2.05) is 6.92 Å². The van der Waals surface area contributed by atoms with E-state index >= 15 is 0 Å². The zero-order chi connectivity index (χ0) is 15.1. The van der Waals surface area contributed by atoms with Gasteiger partial charge in [0.2, 0.25) is 11.8 Å². The summed E-state index contributed by atoms with van der Waals surface area (Å²) in [6, 6.07) is 3.91. The highest BCUT2D eigenvalue weighted by molar-refractivity contribution is 5.90. The molecule has 22 heavy (non-hydrogen) atoms. The van der Waals surface area contributed by atoms with Crippen LogP contribution in [0.1, 0.15) is 35.8 Å². The van der Waals surface area contributed by atoms with E-state index in [9.17, 15) is 4.79 Å². The van der Waals surface area contributed by atoms with Crippen LogP contribution in [0.3, 0.4) is 0 Å². The van der Waals surface area contributed by atoms with Crippen molar-refractivity contribution in [1.82, 2.24) is 19.8 Å². The normalized spacial score (nSPS) is 18.2. The predicted molar refractivity (Wildman–Crippen MR) is 79.3 cm³/mol. The molecule has 1 aliphatic heterocycles. The zero-order valence-corrected chi connectivity index (χ0v) is 12.6. The van der Waals surface area contributed by atoms with E-state index in [0.717, 1.165) is 25.3 Å². The van der Waals surface area contributed by atoms with E-state index in [2.05, 4.69) is 31.2 Å². The van der Waals surface area contributed by atoms with Gasteiger partial charge in [0, 0.05) is 25.1 Å². The minimum absolute atomic E-state index is 0.0773. The summed E-state index contributed by atoms with van der Waals surface area (Å²) in [5.41, 5.74) is 3.18. The quantitative estimate of drug-likeness (QED) is 0.926. The van der Waals surface area contributed by atoms with Crippen molar-refractivity contribution in [2.24, 2.45) is 0 Å². The van der Waals surface area contributed by atoms with E-state index in [1.165, 1.54) is 24.2 Å². The number of hydrogen-bond donors (Lipinski definition) is 1. The molecule has 7 heteroatoms. The van der Waals surface area contributed by atoms with Crippen LogP contribution < -0.4 is 5.32 Å². The molecule has 3 heterocycles. The Kier molecular flexibility index (Phi) is 3.22. The highest BCUT2D eigenvalue weighted by Gasteiger charge is 2.29. The second kappa shape index (κ2) is 5.24. The number of fused-ring (bicyclic) bond motifs is 1. The minimum Gasteiger partial charge on any atom is -0.338 e. The molecule has 1 N–H and O–H groups in total. The smallest absolute Gasteiger partial charge is 0.240 e. The molecule has 116 valence electrons. The van der Waals surface area contributed by atoms with Gasteiger partial charge < -0.3 is 4.52 Å². The molecule has 2 aromatic rings. The summed E-state index contributed by atoms with van der Waals surface area (Å²) in [7, 11) is 0.